The van der Waals surface area contributed by atoms with Gasteiger partial charge in [0.1, 0.15) is 0 Å². The van der Waals surface area contributed by atoms with Gasteiger partial charge in [0.05, 0.1) is 29.9 Å². The standard InChI is InChI=1S/C18H22N4O5S2/c1-2-6-22-17(24)14-4-3-13(12-15(14)20-18(22)28)16(23)19-5-11-29(25,26)21-7-9-27-10-8-21/h2-4,12H,1,5-11H2,(H,19,23)(H,20,28). The number of aromatic amines is 1. The van der Waals surface area contributed by atoms with Crippen LogP contribution in [0.5, 0.6) is 0 Å². The molecule has 2 heterocycles. The van der Waals surface area contributed by atoms with Crippen LogP contribution in [0.4, 0.5) is 0 Å². The number of nitrogens with one attached hydrogen (secondary N) is 2. The molecule has 0 radical (unpaired) electrons. The Labute approximate surface area is 173 Å². The summed E-state index contributed by atoms with van der Waals surface area (Å²) in [6.45, 7) is 5.26. The highest BCUT2D eigenvalue weighted by Gasteiger charge is 2.24. The zero-order chi connectivity index (χ0) is 21.0. The zero-order valence-electron chi connectivity index (χ0n) is 15.7. The van der Waals surface area contributed by atoms with E-state index in [9.17, 15) is 18.0 Å². The fourth-order valence-corrected chi connectivity index (χ4v) is 4.63. The van der Waals surface area contributed by atoms with Gasteiger partial charge in [-0.05, 0) is 30.4 Å². The maximum Gasteiger partial charge on any atom is 0.262 e. The second-order valence-electron chi connectivity index (χ2n) is 6.48. The van der Waals surface area contributed by atoms with E-state index < -0.39 is 15.9 Å². The first kappa shape index (κ1) is 21.4. The number of sulfonamides is 1. The molecule has 1 amide bonds. The molecule has 1 aliphatic rings. The molecule has 3 rings (SSSR count). The predicted octanol–water partition coefficient (Wildman–Crippen LogP) is 0.637. The average molecular weight is 439 g/mol. The lowest BCUT2D eigenvalue weighted by molar-refractivity contribution is 0.0730. The highest BCUT2D eigenvalue weighted by molar-refractivity contribution is 7.89. The zero-order valence-corrected chi connectivity index (χ0v) is 17.4. The monoisotopic (exact) mass is 438 g/mol. The van der Waals surface area contributed by atoms with Crippen molar-refractivity contribution in [1.82, 2.24) is 19.2 Å². The van der Waals surface area contributed by atoms with Gasteiger partial charge in [0.15, 0.2) is 4.77 Å². The summed E-state index contributed by atoms with van der Waals surface area (Å²) in [6.07, 6.45) is 1.57. The van der Waals surface area contributed by atoms with Crippen molar-refractivity contribution in [2.45, 2.75) is 6.54 Å². The van der Waals surface area contributed by atoms with Crippen LogP contribution >= 0.6 is 12.2 Å². The van der Waals surface area contributed by atoms with Crippen LogP contribution in [0.1, 0.15) is 10.4 Å². The van der Waals surface area contributed by atoms with Crippen molar-refractivity contribution in [3.8, 4) is 0 Å². The van der Waals surface area contributed by atoms with Crippen LogP contribution in [0, 0.1) is 4.77 Å². The van der Waals surface area contributed by atoms with E-state index in [1.165, 1.54) is 21.0 Å². The summed E-state index contributed by atoms with van der Waals surface area (Å²) in [4.78, 5) is 27.9. The number of hydrogen-bond donors (Lipinski definition) is 2. The third-order valence-corrected chi connectivity index (χ3v) is 6.76. The van der Waals surface area contributed by atoms with E-state index in [0.29, 0.717) is 42.8 Å². The van der Waals surface area contributed by atoms with E-state index >= 15 is 0 Å². The maximum absolute atomic E-state index is 12.5. The Morgan fingerprint density at radius 1 is 1.34 bits per heavy atom. The van der Waals surface area contributed by atoms with Gasteiger partial charge < -0.3 is 15.0 Å². The molecular formula is C18H22N4O5S2. The molecule has 1 aromatic heterocycles. The molecule has 0 aliphatic carbocycles. The molecule has 0 bridgehead atoms. The average Bonchev–Trinajstić information content (AvgIpc) is 2.71. The van der Waals surface area contributed by atoms with E-state index in [2.05, 4.69) is 16.9 Å². The number of amides is 1. The Kier molecular flexibility index (Phi) is 6.63. The molecule has 1 saturated heterocycles. The molecule has 9 nitrogen and oxygen atoms in total. The molecule has 2 aromatic rings. The van der Waals surface area contributed by atoms with Crippen molar-refractivity contribution >= 4 is 39.1 Å². The number of carbonyl (C=O) groups is 1. The number of morpholine rings is 1. The van der Waals surface area contributed by atoms with Crippen molar-refractivity contribution in [3.05, 3.63) is 51.5 Å². The Morgan fingerprint density at radius 3 is 2.76 bits per heavy atom. The Bertz CT molecular complexity index is 1150. The lowest BCUT2D eigenvalue weighted by Gasteiger charge is -2.26. The van der Waals surface area contributed by atoms with Gasteiger partial charge >= 0.3 is 0 Å². The van der Waals surface area contributed by atoms with Gasteiger partial charge in [-0.3, -0.25) is 14.2 Å². The number of rotatable bonds is 7. The molecule has 29 heavy (non-hydrogen) atoms. The molecule has 0 atom stereocenters. The van der Waals surface area contributed by atoms with Gasteiger partial charge in [-0.2, -0.15) is 4.31 Å². The molecule has 1 fully saturated rings. The van der Waals surface area contributed by atoms with Crippen molar-refractivity contribution in [2.75, 3.05) is 38.6 Å². The third kappa shape index (κ3) is 4.81. The molecule has 11 heteroatoms. The van der Waals surface area contributed by atoms with Crippen LogP contribution in [0.25, 0.3) is 10.9 Å². The van der Waals surface area contributed by atoms with Crippen LogP contribution in [0.15, 0.2) is 35.6 Å². The maximum atomic E-state index is 12.5. The number of fused-ring (bicyclic) bond motifs is 1. The van der Waals surface area contributed by atoms with E-state index in [4.69, 9.17) is 17.0 Å². The smallest absolute Gasteiger partial charge is 0.262 e. The largest absolute Gasteiger partial charge is 0.379 e. The molecule has 1 aromatic carbocycles. The van der Waals surface area contributed by atoms with Crippen LogP contribution in [-0.2, 0) is 21.3 Å². The molecule has 0 spiro atoms. The van der Waals surface area contributed by atoms with Gasteiger partial charge in [0.2, 0.25) is 10.0 Å². The van der Waals surface area contributed by atoms with Crippen LogP contribution in [0.2, 0.25) is 0 Å². The lowest BCUT2D eigenvalue weighted by atomic mass is 10.1. The topological polar surface area (TPSA) is 114 Å². The van der Waals surface area contributed by atoms with E-state index in [-0.39, 0.29) is 29.2 Å². The quantitative estimate of drug-likeness (QED) is 0.484. The summed E-state index contributed by atoms with van der Waals surface area (Å²) < 4.78 is 32.7. The molecule has 0 saturated carbocycles. The fraction of sp³-hybridized carbons (Fsp3) is 0.389. The summed E-state index contributed by atoms with van der Waals surface area (Å²) in [7, 11) is -3.45. The van der Waals surface area contributed by atoms with Gasteiger partial charge in [-0.1, -0.05) is 6.08 Å². The second-order valence-corrected chi connectivity index (χ2v) is 8.95. The lowest BCUT2D eigenvalue weighted by Crippen LogP contribution is -2.43. The predicted molar refractivity (Wildman–Crippen MR) is 112 cm³/mol. The number of benzene rings is 1. The van der Waals surface area contributed by atoms with E-state index in [1.54, 1.807) is 12.1 Å². The first-order valence-corrected chi connectivity index (χ1v) is 11.1. The Morgan fingerprint density at radius 2 is 2.07 bits per heavy atom. The van der Waals surface area contributed by atoms with Gasteiger partial charge in [0, 0.05) is 31.7 Å². The van der Waals surface area contributed by atoms with Crippen molar-refractivity contribution in [1.29, 1.82) is 0 Å². The van der Waals surface area contributed by atoms with Gasteiger partial charge in [0.25, 0.3) is 11.5 Å². The van der Waals surface area contributed by atoms with Crippen molar-refractivity contribution in [2.24, 2.45) is 0 Å². The second kappa shape index (κ2) is 8.99. The van der Waals surface area contributed by atoms with Crippen LogP contribution < -0.4 is 10.9 Å². The summed E-state index contributed by atoms with van der Waals surface area (Å²) in [5.74, 6) is -0.625. The Balaban J connectivity index is 1.71. The van der Waals surface area contributed by atoms with Crippen molar-refractivity contribution in [3.63, 3.8) is 0 Å². The van der Waals surface area contributed by atoms with E-state index in [0.717, 1.165) is 0 Å². The first-order valence-electron chi connectivity index (χ1n) is 9.05. The molecule has 156 valence electrons. The normalized spacial score (nSPS) is 15.3. The number of ether oxygens (including phenoxy) is 1. The summed E-state index contributed by atoms with van der Waals surface area (Å²) in [6, 6.07) is 4.59. The van der Waals surface area contributed by atoms with Gasteiger partial charge in [-0.25, -0.2) is 8.42 Å². The fourth-order valence-electron chi connectivity index (χ4n) is 3.04. The van der Waals surface area contributed by atoms with Crippen LogP contribution in [-0.4, -0.2) is 66.8 Å². The first-order chi connectivity index (χ1) is 13.8. The number of allylic oxidation sites excluding steroid dienone is 1. The Hall–Kier alpha value is -2.34. The molecule has 1 aliphatic heterocycles. The van der Waals surface area contributed by atoms with Crippen molar-refractivity contribution < 1.29 is 17.9 Å². The van der Waals surface area contributed by atoms with Crippen LogP contribution in [0.3, 0.4) is 0 Å². The number of carbonyl (C=O) groups excluding carboxylic acids is 1. The number of H-pyrrole nitrogens is 1. The minimum Gasteiger partial charge on any atom is -0.379 e. The molecule has 2 N–H and O–H groups in total. The third-order valence-electron chi connectivity index (χ3n) is 4.56. The minimum atomic E-state index is -3.45. The minimum absolute atomic E-state index is 0.0203. The molecular weight excluding hydrogens is 416 g/mol. The summed E-state index contributed by atoms with van der Waals surface area (Å²) >= 11 is 5.19. The summed E-state index contributed by atoms with van der Waals surface area (Å²) in [5, 5.41) is 3.00. The molecule has 0 unspecified atom stereocenters. The SMILES string of the molecule is C=CCn1c(=S)[nH]c2cc(C(=O)NCCS(=O)(=O)N3CCOCC3)ccc2c1=O. The number of aromatic nitrogens is 2. The van der Waals surface area contributed by atoms with E-state index in [1.807, 2.05) is 0 Å². The highest BCUT2D eigenvalue weighted by Crippen LogP contribution is 2.11. The number of hydrogen-bond acceptors (Lipinski definition) is 6. The number of nitrogens with zero attached hydrogens (tertiary/aromatic N) is 2. The highest BCUT2D eigenvalue weighted by atomic mass is 32.2. The van der Waals surface area contributed by atoms with Gasteiger partial charge in [-0.15, -0.1) is 6.58 Å². The summed E-state index contributed by atoms with van der Waals surface area (Å²) in [5.41, 5.74) is 0.467.